The lowest BCUT2D eigenvalue weighted by Gasteiger charge is -2.23. The van der Waals surface area contributed by atoms with Crippen LogP contribution in [0.2, 0.25) is 0 Å². The number of nitrogens with zero attached hydrogens (tertiary/aromatic N) is 4. The second kappa shape index (κ2) is 7.93. The molecule has 1 N–H and O–H groups in total. The predicted molar refractivity (Wildman–Crippen MR) is 103 cm³/mol. The average Bonchev–Trinajstić information content (AvgIpc) is 3.09. The topological polar surface area (TPSA) is 96.7 Å². The molecule has 3 rings (SSSR count). The number of benzene rings is 1. The Labute approximate surface area is 162 Å². The summed E-state index contributed by atoms with van der Waals surface area (Å²) in [5, 5.41) is 6.81. The van der Waals surface area contributed by atoms with Gasteiger partial charge in [0, 0.05) is 25.4 Å². The summed E-state index contributed by atoms with van der Waals surface area (Å²) in [5.74, 6) is -1.07. The van der Waals surface area contributed by atoms with E-state index in [9.17, 15) is 17.6 Å². The van der Waals surface area contributed by atoms with E-state index in [4.69, 9.17) is 0 Å². The molecule has 0 bridgehead atoms. The number of nitrogens with one attached hydrogen (secondary N) is 1. The molecule has 0 radical (unpaired) electrons. The second-order valence-corrected chi connectivity index (χ2v) is 7.88. The van der Waals surface area contributed by atoms with Crippen molar-refractivity contribution in [2.75, 3.05) is 12.4 Å². The zero-order chi connectivity index (χ0) is 20.3. The number of allylic oxidation sites excluding steroid dienone is 1. The van der Waals surface area contributed by atoms with E-state index >= 15 is 0 Å². The minimum absolute atomic E-state index is 0.0573. The molecule has 8 nitrogen and oxygen atoms in total. The lowest BCUT2D eigenvalue weighted by molar-refractivity contribution is -0.113. The lowest BCUT2D eigenvalue weighted by atomic mass is 10.1. The largest absolute Gasteiger partial charge is 0.345 e. The van der Waals surface area contributed by atoms with Crippen molar-refractivity contribution in [1.82, 2.24) is 14.1 Å². The SMILES string of the molecule is CCCCn1cc(NC(=O)C2=CC(c3ccc(F)cc3)=NS(=O)(=O)N2C)cn1. The molecule has 0 aliphatic carbocycles. The van der Waals surface area contributed by atoms with Gasteiger partial charge < -0.3 is 5.32 Å². The summed E-state index contributed by atoms with van der Waals surface area (Å²) >= 11 is 0. The Hall–Kier alpha value is -3.01. The number of unbranched alkanes of at least 4 members (excludes halogenated alkanes) is 1. The van der Waals surface area contributed by atoms with Gasteiger partial charge in [-0.15, -0.1) is 4.40 Å². The Morgan fingerprint density at radius 2 is 1.96 bits per heavy atom. The Kier molecular flexibility index (Phi) is 5.59. The molecule has 2 aromatic rings. The van der Waals surface area contributed by atoms with Crippen LogP contribution in [0.4, 0.5) is 10.1 Å². The average molecular weight is 405 g/mol. The van der Waals surface area contributed by atoms with Gasteiger partial charge in [0.05, 0.1) is 17.6 Å². The monoisotopic (exact) mass is 405 g/mol. The minimum atomic E-state index is -4.08. The number of carbonyl (C=O) groups excluding carboxylic acids is 1. The molecule has 0 atom stereocenters. The number of aryl methyl sites for hydroxylation is 1. The first kappa shape index (κ1) is 19.7. The zero-order valence-electron chi connectivity index (χ0n) is 15.5. The molecule has 1 aromatic heterocycles. The van der Waals surface area contributed by atoms with E-state index < -0.39 is 21.9 Å². The maximum Gasteiger partial charge on any atom is 0.345 e. The molecule has 1 aromatic carbocycles. The molecule has 0 unspecified atom stereocenters. The van der Waals surface area contributed by atoms with E-state index in [1.807, 2.05) is 0 Å². The predicted octanol–water partition coefficient (Wildman–Crippen LogP) is 2.32. The third kappa shape index (κ3) is 4.28. The van der Waals surface area contributed by atoms with Crippen LogP contribution in [0.25, 0.3) is 0 Å². The van der Waals surface area contributed by atoms with Gasteiger partial charge in [-0.3, -0.25) is 9.48 Å². The quantitative estimate of drug-likeness (QED) is 0.798. The molecule has 1 aliphatic rings. The number of anilines is 1. The molecule has 28 heavy (non-hydrogen) atoms. The van der Waals surface area contributed by atoms with Crippen molar-refractivity contribution in [3.05, 3.63) is 59.8 Å². The van der Waals surface area contributed by atoms with E-state index in [0.717, 1.165) is 23.7 Å². The summed E-state index contributed by atoms with van der Waals surface area (Å²) < 4.78 is 44.0. The highest BCUT2D eigenvalue weighted by molar-refractivity contribution is 7.88. The van der Waals surface area contributed by atoms with Crippen molar-refractivity contribution in [1.29, 1.82) is 0 Å². The van der Waals surface area contributed by atoms with Gasteiger partial charge in [0.1, 0.15) is 11.5 Å². The number of halogens is 1. The molecule has 1 aliphatic heterocycles. The maximum absolute atomic E-state index is 13.1. The van der Waals surface area contributed by atoms with Crippen LogP contribution in [-0.2, 0) is 21.5 Å². The van der Waals surface area contributed by atoms with Crippen LogP contribution >= 0.6 is 0 Å². The van der Waals surface area contributed by atoms with E-state index in [0.29, 0.717) is 11.3 Å². The van der Waals surface area contributed by atoms with E-state index in [1.165, 1.54) is 43.6 Å². The number of likely N-dealkylation sites (N-methyl/N-ethyl adjacent to an activating group) is 1. The van der Waals surface area contributed by atoms with E-state index in [-0.39, 0.29) is 11.4 Å². The maximum atomic E-state index is 13.1. The van der Waals surface area contributed by atoms with Crippen LogP contribution in [0, 0.1) is 5.82 Å². The first-order valence-electron chi connectivity index (χ1n) is 8.70. The van der Waals surface area contributed by atoms with Crippen molar-refractivity contribution in [3.8, 4) is 0 Å². The summed E-state index contributed by atoms with van der Waals surface area (Å²) in [6, 6.07) is 5.19. The zero-order valence-corrected chi connectivity index (χ0v) is 16.3. The standard InChI is InChI=1S/C18H20FN5O3S/c1-3-4-9-24-12-15(11-20-24)21-18(25)17-10-16(22-28(26,27)23(17)2)13-5-7-14(19)8-6-13/h5-8,10-12H,3-4,9H2,1-2H3,(H,21,25). The van der Waals surface area contributed by atoms with E-state index in [1.54, 1.807) is 10.9 Å². The highest BCUT2D eigenvalue weighted by atomic mass is 32.2. The lowest BCUT2D eigenvalue weighted by Crippen LogP contribution is -2.35. The third-order valence-corrected chi connectivity index (χ3v) is 5.49. The van der Waals surface area contributed by atoms with Crippen molar-refractivity contribution in [3.63, 3.8) is 0 Å². The van der Waals surface area contributed by atoms with Gasteiger partial charge in [-0.2, -0.15) is 13.5 Å². The fraction of sp³-hybridized carbons (Fsp3) is 0.278. The molecular formula is C18H20FN5O3S. The first-order chi connectivity index (χ1) is 13.3. The highest BCUT2D eigenvalue weighted by Crippen LogP contribution is 2.21. The van der Waals surface area contributed by atoms with Crippen LogP contribution in [0.3, 0.4) is 0 Å². The molecule has 0 saturated heterocycles. The Morgan fingerprint density at radius 3 is 2.64 bits per heavy atom. The molecule has 148 valence electrons. The fourth-order valence-electron chi connectivity index (χ4n) is 2.59. The number of rotatable bonds is 6. The summed E-state index contributed by atoms with van der Waals surface area (Å²) in [7, 11) is -2.84. The third-order valence-electron chi connectivity index (χ3n) is 4.18. The molecule has 0 saturated carbocycles. The molecule has 0 spiro atoms. The number of aromatic nitrogens is 2. The first-order valence-corrected chi connectivity index (χ1v) is 10.1. The van der Waals surface area contributed by atoms with Gasteiger partial charge in [0.2, 0.25) is 0 Å². The molecular weight excluding hydrogens is 385 g/mol. The Morgan fingerprint density at radius 1 is 1.25 bits per heavy atom. The van der Waals surface area contributed by atoms with Gasteiger partial charge >= 0.3 is 10.2 Å². The van der Waals surface area contributed by atoms with Crippen LogP contribution in [0.5, 0.6) is 0 Å². The van der Waals surface area contributed by atoms with Crippen molar-refractivity contribution in [2.45, 2.75) is 26.3 Å². The fourth-order valence-corrected chi connectivity index (χ4v) is 3.50. The summed E-state index contributed by atoms with van der Waals surface area (Å²) in [4.78, 5) is 12.7. The van der Waals surface area contributed by atoms with Crippen molar-refractivity contribution in [2.24, 2.45) is 4.40 Å². The molecule has 1 amide bonds. The summed E-state index contributed by atoms with van der Waals surface area (Å²) in [5.41, 5.74) is 0.798. The normalized spacial score (nSPS) is 15.8. The number of carbonyl (C=O) groups is 1. The summed E-state index contributed by atoms with van der Waals surface area (Å²) in [6.07, 6.45) is 6.51. The van der Waals surface area contributed by atoms with E-state index in [2.05, 4.69) is 21.7 Å². The van der Waals surface area contributed by atoms with Crippen LogP contribution < -0.4 is 5.32 Å². The number of hydrogen-bond donors (Lipinski definition) is 1. The number of amides is 1. The van der Waals surface area contributed by atoms with Gasteiger partial charge in [-0.25, -0.2) is 8.70 Å². The van der Waals surface area contributed by atoms with Crippen molar-refractivity contribution < 1.29 is 17.6 Å². The van der Waals surface area contributed by atoms with Gasteiger partial charge in [0.25, 0.3) is 5.91 Å². The Balaban J connectivity index is 1.86. The molecule has 2 heterocycles. The molecule has 0 fully saturated rings. The van der Waals surface area contributed by atoms with Crippen molar-refractivity contribution >= 4 is 27.5 Å². The van der Waals surface area contributed by atoms with Gasteiger partial charge in [-0.1, -0.05) is 13.3 Å². The summed E-state index contributed by atoms with van der Waals surface area (Å²) in [6.45, 7) is 2.79. The van der Waals surface area contributed by atoms with Crippen LogP contribution in [0.15, 0.2) is 52.8 Å². The Bertz CT molecular complexity index is 1040. The van der Waals surface area contributed by atoms with Gasteiger partial charge in [-0.05, 0) is 36.8 Å². The second-order valence-electron chi connectivity index (χ2n) is 6.26. The molecule has 10 heteroatoms. The van der Waals surface area contributed by atoms with Crippen LogP contribution in [-0.4, -0.2) is 41.2 Å². The smallest absolute Gasteiger partial charge is 0.318 e. The number of hydrogen-bond acceptors (Lipinski definition) is 4. The minimum Gasteiger partial charge on any atom is -0.318 e. The van der Waals surface area contributed by atoms with Gasteiger partial charge in [0.15, 0.2) is 0 Å². The highest BCUT2D eigenvalue weighted by Gasteiger charge is 2.30. The van der Waals surface area contributed by atoms with Crippen LogP contribution in [0.1, 0.15) is 25.3 Å².